The van der Waals surface area contributed by atoms with Gasteiger partial charge in [0.25, 0.3) is 5.69 Å². The maximum absolute atomic E-state index is 10.8. The third-order valence-corrected chi connectivity index (χ3v) is 3.24. The molecule has 5 nitrogen and oxygen atoms in total. The van der Waals surface area contributed by atoms with Gasteiger partial charge in [-0.1, -0.05) is 52.8 Å². The molecule has 0 amide bonds. The average Bonchev–Trinajstić information content (AvgIpc) is 2.44. The third-order valence-electron chi connectivity index (χ3n) is 3.24. The van der Waals surface area contributed by atoms with E-state index in [1.54, 1.807) is 12.1 Å². The van der Waals surface area contributed by atoms with Crippen molar-refractivity contribution in [2.45, 2.75) is 47.5 Å². The second-order valence-electron chi connectivity index (χ2n) is 6.05. The highest BCUT2D eigenvalue weighted by atomic mass is 16.6. The summed E-state index contributed by atoms with van der Waals surface area (Å²) in [7, 11) is 0. The first kappa shape index (κ1) is 20.1. The number of benzene rings is 1. The number of hydrogen-bond acceptors (Lipinski definition) is 4. The fraction of sp³-hybridized carbons (Fsp3) is 0.588. The summed E-state index contributed by atoms with van der Waals surface area (Å²) in [4.78, 5) is 20.6. The normalized spacial score (nSPS) is 11.6. The predicted octanol–water partition coefficient (Wildman–Crippen LogP) is 4.56. The van der Waals surface area contributed by atoms with Crippen molar-refractivity contribution in [3.63, 3.8) is 0 Å². The maximum Gasteiger partial charge on any atom is 0.302 e. The van der Waals surface area contributed by atoms with Crippen molar-refractivity contribution in [2.75, 3.05) is 6.61 Å². The lowest BCUT2D eigenvalue weighted by Gasteiger charge is -2.15. The molecule has 5 heteroatoms. The molecule has 22 heavy (non-hydrogen) atoms. The zero-order valence-corrected chi connectivity index (χ0v) is 14.3. The van der Waals surface area contributed by atoms with Crippen LogP contribution in [0.25, 0.3) is 0 Å². The van der Waals surface area contributed by atoms with E-state index in [0.717, 1.165) is 5.56 Å². The van der Waals surface area contributed by atoms with Crippen LogP contribution in [0.1, 0.15) is 53.0 Å². The molecule has 0 saturated heterocycles. The van der Waals surface area contributed by atoms with Gasteiger partial charge in [0, 0.05) is 18.6 Å². The molecule has 0 spiro atoms. The molecule has 124 valence electrons. The molecule has 0 aliphatic carbocycles. The molecule has 0 fully saturated rings. The number of nitro benzene ring substituents is 1. The van der Waals surface area contributed by atoms with E-state index in [0.29, 0.717) is 18.4 Å². The van der Waals surface area contributed by atoms with E-state index < -0.39 is 0 Å². The van der Waals surface area contributed by atoms with Crippen LogP contribution in [0.4, 0.5) is 5.69 Å². The average molecular weight is 309 g/mol. The predicted molar refractivity (Wildman–Crippen MR) is 87.8 cm³/mol. The largest absolute Gasteiger partial charge is 0.466 e. The molecule has 0 aromatic heterocycles. The molecule has 1 aromatic rings. The highest BCUT2D eigenvalue weighted by molar-refractivity contribution is 5.65. The Labute approximate surface area is 132 Å². The third kappa shape index (κ3) is 7.76. The van der Waals surface area contributed by atoms with Gasteiger partial charge in [-0.25, -0.2) is 0 Å². The van der Waals surface area contributed by atoms with Crippen LogP contribution in [0.3, 0.4) is 0 Å². The SMILES string of the molecule is CC(=O)OCC(C)C.CC(C)C(C)c1ccccc1[N+](=O)[O-]. The van der Waals surface area contributed by atoms with Crippen LogP contribution in [-0.4, -0.2) is 17.5 Å². The Balaban J connectivity index is 0.000000472. The Morgan fingerprint density at radius 2 is 1.73 bits per heavy atom. The van der Waals surface area contributed by atoms with Gasteiger partial charge in [-0.3, -0.25) is 14.9 Å². The Kier molecular flexibility index (Phi) is 9.06. The van der Waals surface area contributed by atoms with Gasteiger partial charge in [-0.15, -0.1) is 0 Å². The van der Waals surface area contributed by atoms with Crippen LogP contribution in [0, 0.1) is 22.0 Å². The van der Waals surface area contributed by atoms with Crippen molar-refractivity contribution in [1.82, 2.24) is 0 Å². The summed E-state index contributed by atoms with van der Waals surface area (Å²) >= 11 is 0. The fourth-order valence-electron chi connectivity index (χ4n) is 1.68. The Morgan fingerprint density at radius 3 is 2.09 bits per heavy atom. The second-order valence-corrected chi connectivity index (χ2v) is 6.05. The van der Waals surface area contributed by atoms with Gasteiger partial charge in [0.05, 0.1) is 11.5 Å². The maximum atomic E-state index is 10.8. The lowest BCUT2D eigenvalue weighted by atomic mass is 9.89. The minimum Gasteiger partial charge on any atom is -0.466 e. The summed E-state index contributed by atoms with van der Waals surface area (Å²) < 4.78 is 4.66. The van der Waals surface area contributed by atoms with Crippen LogP contribution < -0.4 is 0 Å². The quantitative estimate of drug-likeness (QED) is 0.454. The monoisotopic (exact) mass is 309 g/mol. The van der Waals surface area contributed by atoms with E-state index in [9.17, 15) is 14.9 Å². The summed E-state index contributed by atoms with van der Waals surface area (Å²) in [5.41, 5.74) is 1.06. The molecule has 1 rings (SSSR count). The molecule has 1 aromatic carbocycles. The van der Waals surface area contributed by atoms with Gasteiger partial charge in [0.15, 0.2) is 0 Å². The standard InChI is InChI=1S/C11H15NO2.C6H12O2/c1-8(2)9(3)10-6-4-5-7-11(10)12(13)14;1-5(2)4-8-6(3)7/h4-9H,1-3H3;5H,4H2,1-3H3. The van der Waals surface area contributed by atoms with E-state index in [1.807, 2.05) is 32.9 Å². The summed E-state index contributed by atoms with van der Waals surface area (Å²) in [5.74, 6) is 0.880. The van der Waals surface area contributed by atoms with Gasteiger partial charge in [-0.05, 0) is 17.8 Å². The Morgan fingerprint density at radius 1 is 1.18 bits per heavy atom. The Bertz CT molecular complexity index is 483. The molecule has 0 bridgehead atoms. The molecule has 1 unspecified atom stereocenters. The smallest absolute Gasteiger partial charge is 0.302 e. The number of carbonyl (C=O) groups excluding carboxylic acids is 1. The highest BCUT2D eigenvalue weighted by Crippen LogP contribution is 2.30. The molecule has 0 heterocycles. The van der Waals surface area contributed by atoms with E-state index in [1.165, 1.54) is 6.92 Å². The fourth-order valence-corrected chi connectivity index (χ4v) is 1.68. The first-order chi connectivity index (χ1) is 10.2. The van der Waals surface area contributed by atoms with Crippen molar-refractivity contribution in [1.29, 1.82) is 0 Å². The number of carbonyl (C=O) groups is 1. The highest BCUT2D eigenvalue weighted by Gasteiger charge is 2.19. The van der Waals surface area contributed by atoms with E-state index in [-0.39, 0.29) is 22.5 Å². The van der Waals surface area contributed by atoms with E-state index >= 15 is 0 Å². The summed E-state index contributed by atoms with van der Waals surface area (Å²) in [5, 5.41) is 10.8. The first-order valence-corrected chi connectivity index (χ1v) is 7.53. The first-order valence-electron chi connectivity index (χ1n) is 7.53. The van der Waals surface area contributed by atoms with Gasteiger partial charge in [-0.2, -0.15) is 0 Å². The summed E-state index contributed by atoms with van der Waals surface area (Å²) in [6.07, 6.45) is 0. The molecule has 0 aliphatic rings. The van der Waals surface area contributed by atoms with E-state index in [2.05, 4.69) is 18.6 Å². The van der Waals surface area contributed by atoms with Crippen LogP contribution in [-0.2, 0) is 9.53 Å². The zero-order valence-electron chi connectivity index (χ0n) is 14.3. The van der Waals surface area contributed by atoms with Crippen LogP contribution in [0.15, 0.2) is 24.3 Å². The summed E-state index contributed by atoms with van der Waals surface area (Å²) in [6.45, 7) is 12.1. The molecule has 0 saturated carbocycles. The minimum atomic E-state index is -0.311. The molecule has 0 N–H and O–H groups in total. The summed E-state index contributed by atoms with van der Waals surface area (Å²) in [6, 6.07) is 6.95. The number of rotatable bonds is 5. The van der Waals surface area contributed by atoms with Crippen molar-refractivity contribution in [2.24, 2.45) is 11.8 Å². The molecule has 1 atom stereocenters. The van der Waals surface area contributed by atoms with Crippen molar-refractivity contribution in [3.05, 3.63) is 39.9 Å². The second kappa shape index (κ2) is 9.92. The molecule has 0 aliphatic heterocycles. The Hall–Kier alpha value is -1.91. The van der Waals surface area contributed by atoms with Crippen LogP contribution in [0.5, 0.6) is 0 Å². The number of hydrogen-bond donors (Lipinski definition) is 0. The number of esters is 1. The number of nitrogens with zero attached hydrogens (tertiary/aromatic N) is 1. The van der Waals surface area contributed by atoms with Gasteiger partial charge in [0.1, 0.15) is 0 Å². The molecular formula is C17H27NO4. The van der Waals surface area contributed by atoms with Crippen LogP contribution >= 0.6 is 0 Å². The number of ether oxygens (including phenoxy) is 1. The van der Waals surface area contributed by atoms with Gasteiger partial charge >= 0.3 is 5.97 Å². The van der Waals surface area contributed by atoms with Gasteiger partial charge in [0.2, 0.25) is 0 Å². The van der Waals surface area contributed by atoms with Crippen molar-refractivity contribution < 1.29 is 14.5 Å². The minimum absolute atomic E-state index is 0.196. The molecular weight excluding hydrogens is 282 g/mol. The number of para-hydroxylation sites is 1. The lowest BCUT2D eigenvalue weighted by Crippen LogP contribution is -2.05. The van der Waals surface area contributed by atoms with E-state index in [4.69, 9.17) is 0 Å². The van der Waals surface area contributed by atoms with Gasteiger partial charge < -0.3 is 4.74 Å². The van der Waals surface area contributed by atoms with Crippen molar-refractivity contribution >= 4 is 11.7 Å². The lowest BCUT2D eigenvalue weighted by molar-refractivity contribution is -0.385. The topological polar surface area (TPSA) is 69.4 Å². The van der Waals surface area contributed by atoms with Crippen LogP contribution in [0.2, 0.25) is 0 Å². The number of nitro groups is 1. The molecule has 0 radical (unpaired) electrons. The van der Waals surface area contributed by atoms with Crippen molar-refractivity contribution in [3.8, 4) is 0 Å². The zero-order chi connectivity index (χ0) is 17.3.